The van der Waals surface area contributed by atoms with Crippen molar-refractivity contribution in [2.24, 2.45) is 11.5 Å². The Morgan fingerprint density at radius 2 is 1.52 bits per heavy atom. The van der Waals surface area contributed by atoms with Gasteiger partial charge in [-0.05, 0) is 51.1 Å². The maximum atomic E-state index is 14.0. The summed E-state index contributed by atoms with van der Waals surface area (Å²) in [6, 6.07) is -4.07. The number of aliphatic carboxylic acids is 1. The Labute approximate surface area is 378 Å². The standard InChI is InChI=1S/C40H61N11O15/c1-21(55)33(37(63)36(62)28(16-31(41)57)49-46-23(18-52)19-53)51-48-25-11-10-24(56)17-43-14-6-5-9-27(38(42)64)44-39(65)29(15-22-7-3-2-4-8-22)45-40(66)30(20-54)50-47-26(12-13-32(58)59)35(61)34(25)60/h2-4,7-8,18,21,23,25-30,33,43,46-51,53-55H,5-6,9-17,19-20H2,1H3,(H2,41,57)(H2,42,64)(H,44,65)(H,45,66)(H,58,59)/t21-,23-,25?,26+,27?,28+,29+,30+,33+/m1/s1. The molecule has 366 valence electrons. The molecule has 0 radical (unpaired) electrons. The number of ketones is 5. The van der Waals surface area contributed by atoms with Gasteiger partial charge in [-0.15, -0.1) is 0 Å². The number of nitrogens with two attached hydrogens (primary N) is 2. The molecule has 0 saturated carbocycles. The third-order valence-corrected chi connectivity index (χ3v) is 10.1. The molecular weight excluding hydrogens is 875 g/mol. The number of primary amides is 2. The first kappa shape index (κ1) is 56.3. The van der Waals surface area contributed by atoms with Crippen LogP contribution < -0.4 is 60.0 Å². The van der Waals surface area contributed by atoms with Crippen LogP contribution in [0.5, 0.6) is 0 Å². The van der Waals surface area contributed by atoms with Crippen molar-refractivity contribution in [2.75, 3.05) is 26.3 Å². The van der Waals surface area contributed by atoms with E-state index in [2.05, 4.69) is 48.5 Å². The topological polar surface area (TPSA) is 429 Å². The summed E-state index contributed by atoms with van der Waals surface area (Å²) >= 11 is 0. The molecule has 2 rings (SSSR count). The summed E-state index contributed by atoms with van der Waals surface area (Å²) in [4.78, 5) is 142. The molecule has 1 saturated heterocycles. The number of aldehydes is 1. The number of rotatable bonds is 21. The molecule has 0 aliphatic carbocycles. The van der Waals surface area contributed by atoms with E-state index in [1.807, 2.05) is 0 Å². The van der Waals surface area contributed by atoms with Gasteiger partial charge in [0.1, 0.15) is 36.2 Å². The predicted octanol–water partition coefficient (Wildman–Crippen LogP) is -7.12. The van der Waals surface area contributed by atoms with E-state index in [0.29, 0.717) is 18.4 Å². The van der Waals surface area contributed by atoms with Crippen molar-refractivity contribution in [2.45, 2.75) is 119 Å². The first-order valence-corrected chi connectivity index (χ1v) is 21.0. The molecule has 1 aliphatic rings. The normalized spacial score (nSPS) is 23.1. The summed E-state index contributed by atoms with van der Waals surface area (Å²) in [5.74, 6) is -11.0. The zero-order valence-electron chi connectivity index (χ0n) is 36.3. The van der Waals surface area contributed by atoms with Gasteiger partial charge in [0.05, 0.1) is 56.5 Å². The smallest absolute Gasteiger partial charge is 0.303 e. The number of hydrogen-bond acceptors (Lipinski definition) is 21. The number of carboxylic acids is 1. The summed E-state index contributed by atoms with van der Waals surface area (Å²) in [7, 11) is 0. The van der Waals surface area contributed by atoms with Crippen LogP contribution in [0.3, 0.4) is 0 Å². The van der Waals surface area contributed by atoms with Crippen molar-refractivity contribution in [1.82, 2.24) is 48.5 Å². The first-order chi connectivity index (χ1) is 31.3. The zero-order valence-corrected chi connectivity index (χ0v) is 36.3. The molecule has 1 aliphatic heterocycles. The molecule has 1 aromatic rings. The van der Waals surface area contributed by atoms with Gasteiger partial charge >= 0.3 is 5.97 Å². The van der Waals surface area contributed by atoms with Crippen LogP contribution in [0.25, 0.3) is 0 Å². The maximum absolute atomic E-state index is 14.0. The number of hydrogen-bond donors (Lipinski definition) is 15. The Kier molecular flexibility index (Phi) is 25.3. The lowest BCUT2D eigenvalue weighted by molar-refractivity contribution is -0.142. The summed E-state index contributed by atoms with van der Waals surface area (Å²) in [5, 5.41) is 47.5. The molecule has 2 unspecified atom stereocenters. The maximum Gasteiger partial charge on any atom is 0.303 e. The SMILES string of the molecule is C[C@@H](O)[C@H](NNC1CCC(=O)CNCCCCC(C(N)=O)NC(=O)[C@H](Cc2ccccc2)NC(=O)[C@H](CO)NN[C@@H](CCC(=O)O)C(=O)C1=O)C(=O)C(=O)[C@H](CC(N)=O)NN[C@H](C=O)CO. The fraction of sp³-hybridized carbons (Fsp3) is 0.575. The van der Waals surface area contributed by atoms with Crippen LogP contribution in [0.4, 0.5) is 0 Å². The molecule has 1 heterocycles. The van der Waals surface area contributed by atoms with Crippen molar-refractivity contribution in [3.63, 3.8) is 0 Å². The number of hydrazine groups is 3. The number of carboxylic acid groups (broad SMARTS) is 1. The van der Waals surface area contributed by atoms with E-state index < -0.39 is 158 Å². The molecule has 4 amide bonds. The Bertz CT molecular complexity index is 1860. The average Bonchev–Trinajstić information content (AvgIpc) is 3.27. The lowest BCUT2D eigenvalue weighted by Crippen LogP contribution is -2.63. The molecular formula is C40H61N11O15. The van der Waals surface area contributed by atoms with Crippen molar-refractivity contribution >= 4 is 64.8 Å². The molecule has 1 fully saturated rings. The molecule has 26 heteroatoms. The average molecular weight is 936 g/mol. The number of benzene rings is 1. The molecule has 0 aromatic heterocycles. The Hall–Kier alpha value is -5.81. The van der Waals surface area contributed by atoms with Gasteiger partial charge in [-0.25, -0.2) is 32.6 Å². The number of aliphatic hydroxyl groups excluding tert-OH is 3. The second kappa shape index (κ2) is 29.7. The zero-order chi connectivity index (χ0) is 49.3. The number of carbonyl (C=O) groups is 11. The fourth-order valence-corrected chi connectivity index (χ4v) is 6.31. The minimum Gasteiger partial charge on any atom is -0.481 e. The highest BCUT2D eigenvalue weighted by Gasteiger charge is 2.38. The summed E-state index contributed by atoms with van der Waals surface area (Å²) in [5.41, 5.74) is 25.5. The number of Topliss-reactive ketones (excluding diaryl/α,β-unsaturated/α-hetero) is 5. The van der Waals surface area contributed by atoms with Gasteiger partial charge < -0.3 is 52.6 Å². The van der Waals surface area contributed by atoms with Gasteiger partial charge in [-0.3, -0.25) is 47.9 Å². The van der Waals surface area contributed by atoms with Crippen LogP contribution in [-0.2, 0) is 59.2 Å². The molecule has 66 heavy (non-hydrogen) atoms. The van der Waals surface area contributed by atoms with E-state index in [4.69, 9.17) is 11.5 Å². The van der Waals surface area contributed by atoms with E-state index in [1.54, 1.807) is 30.3 Å². The highest BCUT2D eigenvalue weighted by Crippen LogP contribution is 2.10. The number of amides is 4. The highest BCUT2D eigenvalue weighted by molar-refractivity contribution is 6.42. The second-order valence-corrected chi connectivity index (χ2v) is 15.4. The van der Waals surface area contributed by atoms with Gasteiger partial charge in [-0.1, -0.05) is 30.3 Å². The van der Waals surface area contributed by atoms with Crippen LogP contribution in [0, 0.1) is 0 Å². The Morgan fingerprint density at radius 3 is 2.11 bits per heavy atom. The first-order valence-electron chi connectivity index (χ1n) is 21.0. The van der Waals surface area contributed by atoms with E-state index in [-0.39, 0.29) is 32.2 Å². The fourth-order valence-electron chi connectivity index (χ4n) is 6.31. The van der Waals surface area contributed by atoms with Crippen LogP contribution in [-0.4, -0.2) is 166 Å². The lowest BCUT2D eigenvalue weighted by atomic mass is 9.96. The van der Waals surface area contributed by atoms with Gasteiger partial charge in [-0.2, -0.15) is 0 Å². The number of carbonyl (C=O) groups excluding carboxylic acids is 10. The molecule has 26 nitrogen and oxygen atoms in total. The van der Waals surface area contributed by atoms with Gasteiger partial charge in [0, 0.05) is 19.3 Å². The molecule has 17 N–H and O–H groups in total. The van der Waals surface area contributed by atoms with Crippen LogP contribution in [0.1, 0.15) is 63.9 Å². The molecule has 0 bridgehead atoms. The molecule has 1 aromatic carbocycles. The van der Waals surface area contributed by atoms with E-state index in [0.717, 1.165) is 6.92 Å². The quantitative estimate of drug-likeness (QED) is 0.0309. The van der Waals surface area contributed by atoms with E-state index in [9.17, 15) is 73.2 Å². The monoisotopic (exact) mass is 935 g/mol. The van der Waals surface area contributed by atoms with Crippen molar-refractivity contribution < 1.29 is 73.2 Å². The molecule has 0 spiro atoms. The van der Waals surface area contributed by atoms with Gasteiger partial charge in [0.15, 0.2) is 0 Å². The summed E-state index contributed by atoms with van der Waals surface area (Å²) < 4.78 is 0. The van der Waals surface area contributed by atoms with Crippen LogP contribution in [0.15, 0.2) is 30.3 Å². The third-order valence-electron chi connectivity index (χ3n) is 10.1. The van der Waals surface area contributed by atoms with E-state index in [1.165, 1.54) is 0 Å². The minimum atomic E-state index is -1.91. The van der Waals surface area contributed by atoms with Crippen LogP contribution >= 0.6 is 0 Å². The summed E-state index contributed by atoms with van der Waals surface area (Å²) in [6.45, 7) is -0.637. The predicted molar refractivity (Wildman–Crippen MR) is 228 cm³/mol. The number of aliphatic hydroxyl groups is 3. The minimum absolute atomic E-state index is 0.0890. The Morgan fingerprint density at radius 1 is 0.848 bits per heavy atom. The van der Waals surface area contributed by atoms with Crippen molar-refractivity contribution in [3.8, 4) is 0 Å². The lowest BCUT2D eigenvalue weighted by Gasteiger charge is -2.27. The van der Waals surface area contributed by atoms with Gasteiger partial charge in [0.2, 0.25) is 46.8 Å². The largest absolute Gasteiger partial charge is 0.481 e. The van der Waals surface area contributed by atoms with E-state index >= 15 is 0 Å². The number of nitrogens with one attached hydrogen (secondary N) is 9. The summed E-state index contributed by atoms with van der Waals surface area (Å²) in [6.07, 6.45) is -3.67. The third kappa shape index (κ3) is 19.7. The van der Waals surface area contributed by atoms with Gasteiger partial charge in [0.25, 0.3) is 0 Å². The van der Waals surface area contributed by atoms with Crippen LogP contribution in [0.2, 0.25) is 0 Å². The molecule has 9 atom stereocenters. The second-order valence-electron chi connectivity index (χ2n) is 15.4. The van der Waals surface area contributed by atoms with Crippen molar-refractivity contribution in [3.05, 3.63) is 35.9 Å². The van der Waals surface area contributed by atoms with Crippen molar-refractivity contribution in [1.29, 1.82) is 0 Å². The highest BCUT2D eigenvalue weighted by atomic mass is 16.4. The Balaban J connectivity index is 2.50.